The van der Waals surface area contributed by atoms with E-state index in [0.717, 1.165) is 12.1 Å². The number of methoxy groups -OCH3 is 1. The van der Waals surface area contributed by atoms with Crippen LogP contribution in [0.3, 0.4) is 0 Å². The van der Waals surface area contributed by atoms with E-state index in [-0.39, 0.29) is 18.6 Å². The van der Waals surface area contributed by atoms with E-state index in [1.165, 1.54) is 25.3 Å². The van der Waals surface area contributed by atoms with Gasteiger partial charge in [0.05, 0.1) is 20.1 Å². The molecule has 1 rings (SSSR count). The summed E-state index contributed by atoms with van der Waals surface area (Å²) in [6, 6.07) is 3.70. The first-order chi connectivity index (χ1) is 9.02. The molecule has 0 heterocycles. The zero-order valence-electron chi connectivity index (χ0n) is 10.3. The summed E-state index contributed by atoms with van der Waals surface area (Å²) in [6.07, 6.45) is 2.15. The van der Waals surface area contributed by atoms with Gasteiger partial charge in [0.15, 0.2) is 0 Å². The average molecular weight is 268 g/mol. The monoisotopic (exact) mass is 268 g/mol. The van der Waals surface area contributed by atoms with Gasteiger partial charge < -0.3 is 14.6 Å². The molecule has 0 radical (unpaired) electrons. The molecule has 0 atom stereocenters. The number of carbonyl (C=O) groups is 2. The van der Waals surface area contributed by atoms with Crippen LogP contribution in [-0.2, 0) is 14.3 Å². The highest BCUT2D eigenvalue weighted by Crippen LogP contribution is 2.21. The van der Waals surface area contributed by atoms with Gasteiger partial charge in [-0.2, -0.15) is 0 Å². The third-order valence-electron chi connectivity index (χ3n) is 2.17. The highest BCUT2D eigenvalue weighted by Gasteiger charge is 2.05. The van der Waals surface area contributed by atoms with Crippen molar-refractivity contribution in [1.82, 2.24) is 0 Å². The molecular weight excluding hydrogens is 255 g/mol. The number of halogens is 1. The lowest BCUT2D eigenvalue weighted by atomic mass is 10.2. The van der Waals surface area contributed by atoms with E-state index in [4.69, 9.17) is 9.84 Å². The van der Waals surface area contributed by atoms with Crippen molar-refractivity contribution in [3.63, 3.8) is 0 Å². The Balaban J connectivity index is 2.76. The van der Waals surface area contributed by atoms with Gasteiger partial charge in [-0.25, -0.2) is 9.18 Å². The van der Waals surface area contributed by atoms with Gasteiger partial charge in [0.2, 0.25) is 0 Å². The number of ether oxygens (including phenoxy) is 2. The van der Waals surface area contributed by atoms with Crippen molar-refractivity contribution in [3.8, 4) is 5.75 Å². The fourth-order valence-corrected chi connectivity index (χ4v) is 1.29. The van der Waals surface area contributed by atoms with Gasteiger partial charge in [-0.05, 0) is 24.3 Å². The Morgan fingerprint density at radius 3 is 2.79 bits per heavy atom. The molecule has 0 amide bonds. The van der Waals surface area contributed by atoms with Gasteiger partial charge in [0, 0.05) is 11.6 Å². The Morgan fingerprint density at radius 2 is 2.16 bits per heavy atom. The Hall–Kier alpha value is -2.37. The quantitative estimate of drug-likeness (QED) is 0.629. The largest absolute Gasteiger partial charge is 0.492 e. The lowest BCUT2D eigenvalue weighted by molar-refractivity contribution is -0.141. The van der Waals surface area contributed by atoms with Crippen LogP contribution in [0.2, 0.25) is 0 Å². The fourth-order valence-electron chi connectivity index (χ4n) is 1.29. The fraction of sp³-hybridized carbons (Fsp3) is 0.231. The molecule has 0 spiro atoms. The second-order valence-corrected chi connectivity index (χ2v) is 3.53. The number of carboxylic acids is 1. The predicted octanol–water partition coefficient (Wildman–Crippen LogP) is 1.87. The summed E-state index contributed by atoms with van der Waals surface area (Å²) < 4.78 is 22.8. The number of hydrogen-bond donors (Lipinski definition) is 1. The van der Waals surface area contributed by atoms with E-state index in [1.54, 1.807) is 0 Å². The number of carboxylic acid groups (broad SMARTS) is 1. The van der Waals surface area contributed by atoms with Crippen molar-refractivity contribution >= 4 is 18.0 Å². The van der Waals surface area contributed by atoms with Crippen molar-refractivity contribution in [1.29, 1.82) is 0 Å². The van der Waals surface area contributed by atoms with Crippen LogP contribution in [0, 0.1) is 5.82 Å². The molecule has 0 aliphatic heterocycles. The Kier molecular flexibility index (Phi) is 5.53. The van der Waals surface area contributed by atoms with Crippen LogP contribution < -0.4 is 4.74 Å². The molecule has 0 aliphatic carbocycles. The molecule has 6 heteroatoms. The van der Waals surface area contributed by atoms with E-state index in [1.807, 2.05) is 0 Å². The number of esters is 1. The van der Waals surface area contributed by atoms with Crippen LogP contribution in [0.25, 0.3) is 6.08 Å². The van der Waals surface area contributed by atoms with Gasteiger partial charge >= 0.3 is 11.9 Å². The topological polar surface area (TPSA) is 72.8 Å². The van der Waals surface area contributed by atoms with Crippen LogP contribution in [0.4, 0.5) is 4.39 Å². The number of benzene rings is 1. The molecule has 1 aromatic rings. The molecule has 0 aromatic heterocycles. The van der Waals surface area contributed by atoms with Crippen molar-refractivity contribution in [2.45, 2.75) is 6.42 Å². The summed E-state index contributed by atoms with van der Waals surface area (Å²) in [5.74, 6) is -1.79. The maximum atomic E-state index is 13.1. The number of hydrogen-bond acceptors (Lipinski definition) is 4. The van der Waals surface area contributed by atoms with Crippen LogP contribution >= 0.6 is 0 Å². The first-order valence-electron chi connectivity index (χ1n) is 5.43. The Bertz CT molecular complexity index is 496. The van der Waals surface area contributed by atoms with Gasteiger partial charge in [-0.1, -0.05) is 0 Å². The van der Waals surface area contributed by atoms with Gasteiger partial charge in [0.1, 0.15) is 11.6 Å². The molecule has 1 aromatic carbocycles. The third-order valence-corrected chi connectivity index (χ3v) is 2.17. The normalized spacial score (nSPS) is 10.4. The second-order valence-electron chi connectivity index (χ2n) is 3.53. The number of rotatable bonds is 6. The number of aliphatic carboxylic acids is 1. The predicted molar refractivity (Wildman–Crippen MR) is 65.2 cm³/mol. The zero-order valence-corrected chi connectivity index (χ0v) is 10.3. The number of carbonyl (C=O) groups excluding carboxylic acids is 1. The standard InChI is InChI=1S/C13H13FO5/c1-18-13(17)6-7-19-11-4-3-10(14)8-9(11)2-5-12(15)16/h2-5,8H,6-7H2,1H3,(H,15,16)/b5-2+. The van der Waals surface area contributed by atoms with Crippen LogP contribution in [0.15, 0.2) is 24.3 Å². The summed E-state index contributed by atoms with van der Waals surface area (Å²) in [6.45, 7) is 0.0617. The van der Waals surface area contributed by atoms with Crippen LogP contribution in [0.1, 0.15) is 12.0 Å². The maximum Gasteiger partial charge on any atom is 0.328 e. The smallest absolute Gasteiger partial charge is 0.328 e. The van der Waals surface area contributed by atoms with Crippen molar-refractivity contribution in [2.75, 3.05) is 13.7 Å². The molecule has 0 bridgehead atoms. The van der Waals surface area contributed by atoms with E-state index in [0.29, 0.717) is 5.75 Å². The SMILES string of the molecule is COC(=O)CCOc1ccc(F)cc1/C=C/C(=O)O. The molecule has 102 valence electrons. The maximum absolute atomic E-state index is 13.1. The second kappa shape index (κ2) is 7.15. The van der Waals surface area contributed by atoms with Crippen molar-refractivity contribution < 1.29 is 28.6 Å². The molecule has 5 nitrogen and oxygen atoms in total. The summed E-state index contributed by atoms with van der Waals surface area (Å²) in [5.41, 5.74) is 0.285. The molecule has 0 aliphatic rings. The highest BCUT2D eigenvalue weighted by atomic mass is 19.1. The minimum absolute atomic E-state index is 0.0515. The van der Waals surface area contributed by atoms with Crippen LogP contribution in [-0.4, -0.2) is 30.8 Å². The first-order valence-corrected chi connectivity index (χ1v) is 5.43. The molecule has 0 saturated heterocycles. The molecule has 0 unspecified atom stereocenters. The first kappa shape index (κ1) is 14.7. The van der Waals surface area contributed by atoms with Gasteiger partial charge in [-0.3, -0.25) is 4.79 Å². The minimum Gasteiger partial charge on any atom is -0.492 e. The van der Waals surface area contributed by atoms with E-state index in [2.05, 4.69) is 4.74 Å². The molecule has 1 N–H and O–H groups in total. The molecule has 19 heavy (non-hydrogen) atoms. The lowest BCUT2D eigenvalue weighted by Crippen LogP contribution is -2.08. The summed E-state index contributed by atoms with van der Waals surface area (Å²) in [4.78, 5) is 21.3. The average Bonchev–Trinajstić information content (AvgIpc) is 2.38. The van der Waals surface area contributed by atoms with Crippen molar-refractivity contribution in [3.05, 3.63) is 35.7 Å². The molecule has 0 saturated carbocycles. The third kappa shape index (κ3) is 5.20. The summed E-state index contributed by atoms with van der Waals surface area (Å²) in [7, 11) is 1.27. The van der Waals surface area contributed by atoms with Crippen molar-refractivity contribution in [2.24, 2.45) is 0 Å². The van der Waals surface area contributed by atoms with Crippen LogP contribution in [0.5, 0.6) is 5.75 Å². The lowest BCUT2D eigenvalue weighted by Gasteiger charge is -2.08. The Labute approximate surface area is 109 Å². The molecule has 0 fully saturated rings. The van der Waals surface area contributed by atoms with Gasteiger partial charge in [-0.15, -0.1) is 0 Å². The molecular formula is C13H13FO5. The van der Waals surface area contributed by atoms with E-state index >= 15 is 0 Å². The van der Waals surface area contributed by atoms with E-state index < -0.39 is 17.8 Å². The van der Waals surface area contributed by atoms with Gasteiger partial charge in [0.25, 0.3) is 0 Å². The van der Waals surface area contributed by atoms with E-state index in [9.17, 15) is 14.0 Å². The summed E-state index contributed by atoms with van der Waals surface area (Å²) in [5, 5.41) is 8.53. The Morgan fingerprint density at radius 1 is 1.42 bits per heavy atom. The highest BCUT2D eigenvalue weighted by molar-refractivity contribution is 5.85. The zero-order chi connectivity index (χ0) is 14.3. The minimum atomic E-state index is -1.15. The summed E-state index contributed by atoms with van der Waals surface area (Å²) >= 11 is 0.